The Hall–Kier alpha value is -2.04. The maximum atomic E-state index is 11.8. The van der Waals surface area contributed by atoms with Crippen LogP contribution in [0.5, 0.6) is 5.75 Å². The van der Waals surface area contributed by atoms with Gasteiger partial charge in [0.15, 0.2) is 0 Å². The molecule has 5 heteroatoms. The Morgan fingerprint density at radius 2 is 1.84 bits per heavy atom. The minimum absolute atomic E-state index is 0.0236. The summed E-state index contributed by atoms with van der Waals surface area (Å²) >= 11 is 0. The Morgan fingerprint density at radius 3 is 2.37 bits per heavy atom. The van der Waals surface area contributed by atoms with Gasteiger partial charge in [0.05, 0.1) is 13.2 Å². The van der Waals surface area contributed by atoms with Crippen molar-refractivity contribution in [3.8, 4) is 5.75 Å². The van der Waals surface area contributed by atoms with E-state index in [0.29, 0.717) is 12.2 Å². The Kier molecular flexibility index (Phi) is 5.85. The number of carbonyl (C=O) groups is 2. The van der Waals surface area contributed by atoms with Crippen LogP contribution in [-0.4, -0.2) is 31.0 Å². The molecule has 2 N–H and O–H groups in total. The van der Waals surface area contributed by atoms with Gasteiger partial charge in [0.25, 0.3) is 5.91 Å². The van der Waals surface area contributed by atoms with Crippen LogP contribution in [0, 0.1) is 0 Å². The van der Waals surface area contributed by atoms with E-state index in [1.54, 1.807) is 24.3 Å². The molecule has 0 fully saturated rings. The number of rotatable bonds is 6. The van der Waals surface area contributed by atoms with Crippen molar-refractivity contribution < 1.29 is 14.3 Å². The third-order valence-corrected chi connectivity index (χ3v) is 2.29. The van der Waals surface area contributed by atoms with E-state index in [2.05, 4.69) is 10.6 Å². The van der Waals surface area contributed by atoms with Gasteiger partial charge in [-0.2, -0.15) is 0 Å². The van der Waals surface area contributed by atoms with Gasteiger partial charge in [0.2, 0.25) is 5.91 Å². The number of carbonyl (C=O) groups excluding carboxylic acids is 2. The van der Waals surface area contributed by atoms with Gasteiger partial charge in [0, 0.05) is 11.6 Å². The van der Waals surface area contributed by atoms with Crippen LogP contribution in [0.4, 0.5) is 0 Å². The van der Waals surface area contributed by atoms with Crippen molar-refractivity contribution in [3.63, 3.8) is 0 Å². The standard InChI is InChI=1S/C14H20N2O3/c1-4-19-12-7-5-11(6-8-12)14(18)15-9-13(17)16-10(2)3/h5-8,10H,4,9H2,1-3H3,(H,15,18)(H,16,17). The van der Waals surface area contributed by atoms with Gasteiger partial charge in [-0.25, -0.2) is 0 Å². The summed E-state index contributed by atoms with van der Waals surface area (Å²) in [5.41, 5.74) is 0.501. The molecule has 2 amide bonds. The zero-order chi connectivity index (χ0) is 14.3. The second-order valence-electron chi connectivity index (χ2n) is 4.36. The van der Waals surface area contributed by atoms with Gasteiger partial charge in [-0.3, -0.25) is 9.59 Å². The van der Waals surface area contributed by atoms with E-state index in [1.807, 2.05) is 20.8 Å². The summed E-state index contributed by atoms with van der Waals surface area (Å²) in [4.78, 5) is 23.2. The molecule has 0 atom stereocenters. The van der Waals surface area contributed by atoms with E-state index < -0.39 is 0 Å². The summed E-state index contributed by atoms with van der Waals surface area (Å²) in [6.07, 6.45) is 0. The van der Waals surface area contributed by atoms with Crippen molar-refractivity contribution in [3.05, 3.63) is 29.8 Å². The topological polar surface area (TPSA) is 67.4 Å². The quantitative estimate of drug-likeness (QED) is 0.814. The molecule has 0 aliphatic heterocycles. The highest BCUT2D eigenvalue weighted by Crippen LogP contribution is 2.11. The maximum Gasteiger partial charge on any atom is 0.251 e. The number of amides is 2. The molecular weight excluding hydrogens is 244 g/mol. The predicted octanol–water partition coefficient (Wildman–Crippen LogP) is 1.34. The maximum absolute atomic E-state index is 11.8. The fraction of sp³-hybridized carbons (Fsp3) is 0.429. The molecule has 0 bridgehead atoms. The number of ether oxygens (including phenoxy) is 1. The van der Waals surface area contributed by atoms with Gasteiger partial charge >= 0.3 is 0 Å². The Morgan fingerprint density at radius 1 is 1.21 bits per heavy atom. The van der Waals surface area contributed by atoms with Gasteiger partial charge in [-0.1, -0.05) is 0 Å². The van der Waals surface area contributed by atoms with Crippen LogP contribution < -0.4 is 15.4 Å². The molecule has 1 aromatic carbocycles. The fourth-order valence-electron chi connectivity index (χ4n) is 1.50. The number of benzene rings is 1. The van der Waals surface area contributed by atoms with Gasteiger partial charge in [0.1, 0.15) is 5.75 Å². The van der Waals surface area contributed by atoms with E-state index in [-0.39, 0.29) is 24.4 Å². The second kappa shape index (κ2) is 7.41. The van der Waals surface area contributed by atoms with Crippen LogP contribution in [0.25, 0.3) is 0 Å². The highest BCUT2D eigenvalue weighted by molar-refractivity contribution is 5.96. The van der Waals surface area contributed by atoms with Crippen LogP contribution >= 0.6 is 0 Å². The minimum Gasteiger partial charge on any atom is -0.494 e. The number of hydrogen-bond donors (Lipinski definition) is 2. The molecule has 1 aromatic rings. The van der Waals surface area contributed by atoms with E-state index in [9.17, 15) is 9.59 Å². The molecule has 19 heavy (non-hydrogen) atoms. The van der Waals surface area contributed by atoms with Crippen LogP contribution in [0.15, 0.2) is 24.3 Å². The molecule has 0 spiro atoms. The van der Waals surface area contributed by atoms with Crippen LogP contribution in [-0.2, 0) is 4.79 Å². The highest BCUT2D eigenvalue weighted by atomic mass is 16.5. The third kappa shape index (κ3) is 5.42. The lowest BCUT2D eigenvalue weighted by Gasteiger charge is -2.09. The molecule has 104 valence electrons. The average molecular weight is 264 g/mol. The van der Waals surface area contributed by atoms with Crippen LogP contribution in [0.3, 0.4) is 0 Å². The molecule has 0 saturated heterocycles. The second-order valence-corrected chi connectivity index (χ2v) is 4.36. The molecule has 0 aliphatic carbocycles. The lowest BCUT2D eigenvalue weighted by molar-refractivity contribution is -0.120. The summed E-state index contributed by atoms with van der Waals surface area (Å²) < 4.78 is 5.29. The fourth-order valence-corrected chi connectivity index (χ4v) is 1.50. The smallest absolute Gasteiger partial charge is 0.251 e. The molecule has 1 rings (SSSR count). The zero-order valence-corrected chi connectivity index (χ0v) is 11.5. The lowest BCUT2D eigenvalue weighted by Crippen LogP contribution is -2.39. The summed E-state index contributed by atoms with van der Waals surface area (Å²) in [7, 11) is 0. The Bertz CT molecular complexity index is 427. The molecule has 5 nitrogen and oxygen atoms in total. The van der Waals surface area contributed by atoms with E-state index >= 15 is 0 Å². The average Bonchev–Trinajstić information content (AvgIpc) is 2.36. The van der Waals surface area contributed by atoms with E-state index in [1.165, 1.54) is 0 Å². The van der Waals surface area contributed by atoms with Crippen molar-refractivity contribution >= 4 is 11.8 Å². The molecule has 0 heterocycles. The van der Waals surface area contributed by atoms with Crippen molar-refractivity contribution in [2.24, 2.45) is 0 Å². The first-order valence-corrected chi connectivity index (χ1v) is 6.33. The van der Waals surface area contributed by atoms with Crippen molar-refractivity contribution in [1.82, 2.24) is 10.6 Å². The summed E-state index contributed by atoms with van der Waals surface area (Å²) in [5, 5.41) is 5.27. The molecular formula is C14H20N2O3. The van der Waals surface area contributed by atoms with E-state index in [0.717, 1.165) is 5.75 Å². The van der Waals surface area contributed by atoms with Gasteiger partial charge < -0.3 is 15.4 Å². The van der Waals surface area contributed by atoms with Gasteiger partial charge in [-0.15, -0.1) is 0 Å². The monoisotopic (exact) mass is 264 g/mol. The third-order valence-electron chi connectivity index (χ3n) is 2.29. The lowest BCUT2D eigenvalue weighted by atomic mass is 10.2. The van der Waals surface area contributed by atoms with Crippen molar-refractivity contribution in [1.29, 1.82) is 0 Å². The molecule has 0 saturated carbocycles. The summed E-state index contributed by atoms with van der Waals surface area (Å²) in [5.74, 6) is 0.243. The zero-order valence-electron chi connectivity index (χ0n) is 11.5. The first-order chi connectivity index (χ1) is 9.02. The first kappa shape index (κ1) is 15.0. The van der Waals surface area contributed by atoms with Crippen molar-refractivity contribution in [2.45, 2.75) is 26.8 Å². The van der Waals surface area contributed by atoms with E-state index in [4.69, 9.17) is 4.74 Å². The SMILES string of the molecule is CCOc1ccc(C(=O)NCC(=O)NC(C)C)cc1. The minimum atomic E-state index is -0.276. The van der Waals surface area contributed by atoms with Crippen LogP contribution in [0.2, 0.25) is 0 Å². The highest BCUT2D eigenvalue weighted by Gasteiger charge is 2.08. The molecule has 0 radical (unpaired) electrons. The predicted molar refractivity (Wildman–Crippen MR) is 73.2 cm³/mol. The van der Waals surface area contributed by atoms with Gasteiger partial charge in [-0.05, 0) is 45.0 Å². The first-order valence-electron chi connectivity index (χ1n) is 6.33. The molecule has 0 aromatic heterocycles. The number of nitrogens with one attached hydrogen (secondary N) is 2. The Balaban J connectivity index is 2.47. The molecule has 0 unspecified atom stereocenters. The van der Waals surface area contributed by atoms with Crippen LogP contribution in [0.1, 0.15) is 31.1 Å². The summed E-state index contributed by atoms with van der Waals surface area (Å²) in [6, 6.07) is 6.86. The molecule has 0 aliphatic rings. The van der Waals surface area contributed by atoms with Crippen molar-refractivity contribution in [2.75, 3.05) is 13.2 Å². The summed E-state index contributed by atoms with van der Waals surface area (Å²) in [6.45, 7) is 6.19. The Labute approximate surface area is 113 Å². The normalized spacial score (nSPS) is 10.1. The largest absolute Gasteiger partial charge is 0.494 e. The number of hydrogen-bond acceptors (Lipinski definition) is 3.